The molecule has 4 aromatic rings. The maximum atomic E-state index is 13.0. The topological polar surface area (TPSA) is 54.3 Å². The molecular formula is C24H23N5O. The maximum absolute atomic E-state index is 13.0. The average molecular weight is 397 g/mol. The zero-order chi connectivity index (χ0) is 20.5. The second kappa shape index (κ2) is 7.63. The van der Waals surface area contributed by atoms with Crippen LogP contribution < -0.4 is 4.90 Å². The van der Waals surface area contributed by atoms with Crippen molar-refractivity contribution < 1.29 is 4.79 Å². The van der Waals surface area contributed by atoms with E-state index in [0.29, 0.717) is 13.1 Å². The third kappa shape index (κ3) is 3.41. The summed E-state index contributed by atoms with van der Waals surface area (Å²) in [5.74, 6) is 0. The van der Waals surface area contributed by atoms with Crippen LogP contribution in [0.4, 0.5) is 10.5 Å². The number of carbonyl (C=O) groups is 1. The van der Waals surface area contributed by atoms with Crippen LogP contribution in [0.25, 0.3) is 22.0 Å². The molecule has 0 radical (unpaired) electrons. The zero-order valence-corrected chi connectivity index (χ0v) is 16.9. The number of amides is 1. The molecule has 3 heterocycles. The van der Waals surface area contributed by atoms with Gasteiger partial charge >= 0.3 is 6.03 Å². The highest BCUT2D eigenvalue weighted by atomic mass is 16.2. The summed E-state index contributed by atoms with van der Waals surface area (Å²) in [7, 11) is 0. The molecule has 6 nitrogen and oxygen atoms in total. The van der Waals surface area contributed by atoms with Gasteiger partial charge in [0.2, 0.25) is 0 Å². The van der Waals surface area contributed by atoms with Crippen LogP contribution in [0.1, 0.15) is 5.69 Å². The lowest BCUT2D eigenvalue weighted by molar-refractivity contribution is 0.193. The van der Waals surface area contributed by atoms with Crippen molar-refractivity contribution in [2.45, 2.75) is 6.92 Å². The van der Waals surface area contributed by atoms with E-state index in [1.165, 1.54) is 10.4 Å². The molecule has 0 atom stereocenters. The van der Waals surface area contributed by atoms with E-state index in [0.717, 1.165) is 40.8 Å². The van der Waals surface area contributed by atoms with Crippen LogP contribution in [0.5, 0.6) is 0 Å². The van der Waals surface area contributed by atoms with Crippen molar-refractivity contribution in [2.24, 2.45) is 0 Å². The van der Waals surface area contributed by atoms with Crippen molar-refractivity contribution in [1.29, 1.82) is 0 Å². The number of benzene rings is 2. The quantitative estimate of drug-likeness (QED) is 0.509. The van der Waals surface area contributed by atoms with Crippen LogP contribution in [-0.2, 0) is 0 Å². The zero-order valence-electron chi connectivity index (χ0n) is 16.9. The van der Waals surface area contributed by atoms with Crippen LogP contribution in [0, 0.1) is 6.92 Å². The Kier molecular flexibility index (Phi) is 4.67. The number of pyridine rings is 1. The van der Waals surface area contributed by atoms with E-state index in [2.05, 4.69) is 27.1 Å². The molecule has 1 amide bonds. The summed E-state index contributed by atoms with van der Waals surface area (Å²) >= 11 is 0. The van der Waals surface area contributed by atoms with Crippen molar-refractivity contribution in [1.82, 2.24) is 19.7 Å². The Hall–Kier alpha value is -3.67. The average Bonchev–Trinajstić information content (AvgIpc) is 3.29. The molecule has 150 valence electrons. The van der Waals surface area contributed by atoms with Crippen molar-refractivity contribution in [3.8, 4) is 11.1 Å². The Bertz CT molecular complexity index is 1190. The van der Waals surface area contributed by atoms with Gasteiger partial charge in [-0.15, -0.1) is 0 Å². The Balaban J connectivity index is 1.31. The van der Waals surface area contributed by atoms with Gasteiger partial charge in [-0.1, -0.05) is 48.5 Å². The fourth-order valence-electron chi connectivity index (χ4n) is 4.04. The molecule has 1 fully saturated rings. The molecule has 1 aliphatic rings. The van der Waals surface area contributed by atoms with E-state index in [9.17, 15) is 4.79 Å². The molecule has 0 unspecified atom stereocenters. The molecule has 0 spiro atoms. The van der Waals surface area contributed by atoms with Gasteiger partial charge < -0.3 is 9.80 Å². The van der Waals surface area contributed by atoms with Gasteiger partial charge in [0.1, 0.15) is 0 Å². The number of nitrogens with zero attached hydrogens (tertiary/aromatic N) is 5. The summed E-state index contributed by atoms with van der Waals surface area (Å²) in [4.78, 5) is 21.8. The Morgan fingerprint density at radius 1 is 0.900 bits per heavy atom. The van der Waals surface area contributed by atoms with Crippen LogP contribution in [0.2, 0.25) is 0 Å². The van der Waals surface area contributed by atoms with Gasteiger partial charge in [-0.25, -0.2) is 4.79 Å². The lowest BCUT2D eigenvalue weighted by Crippen LogP contribution is -2.50. The number of hydrogen-bond donors (Lipinski definition) is 0. The van der Waals surface area contributed by atoms with Crippen molar-refractivity contribution in [2.75, 3.05) is 31.1 Å². The minimum absolute atomic E-state index is 0.0763. The number of aryl methyl sites for hydroxylation is 1. The molecule has 5 rings (SSSR count). The maximum Gasteiger partial charge on any atom is 0.344 e. The summed E-state index contributed by atoms with van der Waals surface area (Å²) < 4.78 is 1.45. The highest BCUT2D eigenvalue weighted by Gasteiger charge is 2.24. The number of hydrogen-bond acceptors (Lipinski definition) is 4. The molecule has 1 saturated heterocycles. The third-order valence-electron chi connectivity index (χ3n) is 5.60. The fourth-order valence-corrected chi connectivity index (χ4v) is 4.04. The van der Waals surface area contributed by atoms with Gasteiger partial charge in [-0.05, 0) is 24.6 Å². The minimum atomic E-state index is -0.0763. The number of carbonyl (C=O) groups excluding carboxylic acids is 1. The van der Waals surface area contributed by atoms with E-state index in [-0.39, 0.29) is 6.03 Å². The van der Waals surface area contributed by atoms with Crippen LogP contribution in [0.3, 0.4) is 0 Å². The molecule has 2 aromatic carbocycles. The van der Waals surface area contributed by atoms with Gasteiger partial charge in [0.15, 0.2) is 0 Å². The number of rotatable bonds is 2. The van der Waals surface area contributed by atoms with Gasteiger partial charge in [-0.3, -0.25) is 4.98 Å². The molecule has 1 aliphatic heterocycles. The number of anilines is 1. The Labute approximate surface area is 175 Å². The molecule has 0 saturated carbocycles. The summed E-state index contributed by atoms with van der Waals surface area (Å²) in [5.41, 5.74) is 5.21. The largest absolute Gasteiger partial charge is 0.367 e. The summed E-state index contributed by atoms with van der Waals surface area (Å²) in [6.45, 7) is 4.92. The molecule has 2 aromatic heterocycles. The first-order valence-corrected chi connectivity index (χ1v) is 10.2. The number of para-hydroxylation sites is 1. The van der Waals surface area contributed by atoms with Gasteiger partial charge in [0.25, 0.3) is 0 Å². The van der Waals surface area contributed by atoms with Crippen LogP contribution >= 0.6 is 0 Å². The van der Waals surface area contributed by atoms with E-state index in [1.807, 2.05) is 66.6 Å². The first-order valence-electron chi connectivity index (χ1n) is 10.2. The first kappa shape index (κ1) is 18.4. The van der Waals surface area contributed by atoms with E-state index >= 15 is 0 Å². The second-order valence-corrected chi connectivity index (χ2v) is 7.60. The van der Waals surface area contributed by atoms with E-state index in [4.69, 9.17) is 0 Å². The predicted molar refractivity (Wildman–Crippen MR) is 119 cm³/mol. The number of piperazine rings is 1. The number of fused-ring (bicyclic) bond motifs is 1. The van der Waals surface area contributed by atoms with Gasteiger partial charge in [0, 0.05) is 54.7 Å². The Morgan fingerprint density at radius 2 is 1.63 bits per heavy atom. The summed E-state index contributed by atoms with van der Waals surface area (Å²) in [5, 5.41) is 5.46. The van der Waals surface area contributed by atoms with E-state index in [1.54, 1.807) is 6.20 Å². The van der Waals surface area contributed by atoms with Crippen LogP contribution in [0.15, 0.2) is 73.1 Å². The molecule has 0 aliphatic carbocycles. The van der Waals surface area contributed by atoms with Crippen molar-refractivity contribution >= 4 is 22.6 Å². The molecule has 0 N–H and O–H groups in total. The monoisotopic (exact) mass is 397 g/mol. The van der Waals surface area contributed by atoms with Gasteiger partial charge in [0.05, 0.1) is 11.7 Å². The summed E-state index contributed by atoms with van der Waals surface area (Å²) in [6, 6.07) is 20.3. The van der Waals surface area contributed by atoms with E-state index < -0.39 is 0 Å². The Morgan fingerprint density at radius 3 is 2.43 bits per heavy atom. The third-order valence-corrected chi connectivity index (χ3v) is 5.60. The normalized spacial score (nSPS) is 14.3. The summed E-state index contributed by atoms with van der Waals surface area (Å²) in [6.07, 6.45) is 3.55. The molecule has 6 heteroatoms. The second-order valence-electron chi connectivity index (χ2n) is 7.60. The fraction of sp³-hybridized carbons (Fsp3) is 0.208. The van der Waals surface area contributed by atoms with Crippen molar-refractivity contribution in [3.05, 3.63) is 78.8 Å². The highest BCUT2D eigenvalue weighted by Crippen LogP contribution is 2.27. The number of aromatic nitrogens is 3. The highest BCUT2D eigenvalue weighted by molar-refractivity contribution is 5.92. The lowest BCUT2D eigenvalue weighted by Gasteiger charge is -2.36. The minimum Gasteiger partial charge on any atom is -0.367 e. The lowest BCUT2D eigenvalue weighted by atomic mass is 10.1. The van der Waals surface area contributed by atoms with Crippen molar-refractivity contribution in [3.63, 3.8) is 0 Å². The molecule has 0 bridgehead atoms. The predicted octanol–water partition coefficient (Wildman–Crippen LogP) is 4.20. The molecule has 30 heavy (non-hydrogen) atoms. The SMILES string of the molecule is Cc1cc(N2CCN(C(=O)n3cc(-c4ccccc4)cn3)CC2)c2ccccc2n1. The standard InChI is InChI=1S/C24H23N5O/c1-18-15-23(21-9-5-6-10-22(21)26-18)27-11-13-28(14-12-27)24(30)29-17-20(16-25-29)19-7-3-2-4-8-19/h2-10,15-17H,11-14H2,1H3. The molecular weight excluding hydrogens is 374 g/mol. The smallest absolute Gasteiger partial charge is 0.344 e. The van der Waals surface area contributed by atoms with Crippen LogP contribution in [-0.4, -0.2) is 51.9 Å². The first-order chi connectivity index (χ1) is 14.7. The van der Waals surface area contributed by atoms with Gasteiger partial charge in [-0.2, -0.15) is 9.78 Å².